The van der Waals surface area contributed by atoms with Gasteiger partial charge in [0.25, 0.3) is 0 Å². The number of esters is 1. The van der Waals surface area contributed by atoms with Gasteiger partial charge in [-0.15, -0.1) is 0 Å². The number of anilines is 1. The summed E-state index contributed by atoms with van der Waals surface area (Å²) >= 11 is 0. The zero-order valence-corrected chi connectivity index (χ0v) is 13.0. The van der Waals surface area contributed by atoms with Crippen molar-refractivity contribution in [3.8, 4) is 0 Å². The molecule has 5 heteroatoms. The maximum Gasteiger partial charge on any atom is 0.306 e. The summed E-state index contributed by atoms with van der Waals surface area (Å²) in [7, 11) is 0. The van der Waals surface area contributed by atoms with Crippen molar-refractivity contribution < 1.29 is 9.53 Å². The summed E-state index contributed by atoms with van der Waals surface area (Å²) in [5.41, 5.74) is -0.408. The zero-order chi connectivity index (χ0) is 14.9. The second-order valence-corrected chi connectivity index (χ2v) is 6.62. The monoisotopic (exact) mass is 279 g/mol. The van der Waals surface area contributed by atoms with Crippen molar-refractivity contribution in [1.82, 2.24) is 9.78 Å². The summed E-state index contributed by atoms with van der Waals surface area (Å²) in [4.78, 5) is 11.8. The number of nitrogens with one attached hydrogen (secondary N) is 1. The molecule has 0 aliphatic carbocycles. The van der Waals surface area contributed by atoms with E-state index in [1.165, 1.54) is 0 Å². The molecule has 3 atom stereocenters. The molecule has 3 unspecified atom stereocenters. The molecule has 0 fully saturated rings. The molecule has 20 heavy (non-hydrogen) atoms. The number of carbonyl (C=O) groups is 1. The number of aromatic nitrogens is 2. The Morgan fingerprint density at radius 2 is 2.15 bits per heavy atom. The van der Waals surface area contributed by atoms with Crippen LogP contribution in [0.2, 0.25) is 0 Å². The van der Waals surface area contributed by atoms with Crippen molar-refractivity contribution in [3.05, 3.63) is 12.3 Å². The molecule has 112 valence electrons. The van der Waals surface area contributed by atoms with E-state index in [0.29, 0.717) is 24.4 Å². The van der Waals surface area contributed by atoms with Crippen molar-refractivity contribution >= 4 is 11.8 Å². The van der Waals surface area contributed by atoms with Gasteiger partial charge in [0.2, 0.25) is 0 Å². The van der Waals surface area contributed by atoms with Gasteiger partial charge in [-0.3, -0.25) is 4.79 Å². The summed E-state index contributed by atoms with van der Waals surface area (Å²) in [5.74, 6) is 1.30. The Bertz CT molecular complexity index is 476. The normalized spacial score (nSPS) is 25.8. The van der Waals surface area contributed by atoms with Gasteiger partial charge >= 0.3 is 5.97 Å². The predicted octanol–water partition coefficient (Wildman–Crippen LogP) is 3.00. The van der Waals surface area contributed by atoms with Crippen LogP contribution in [0.1, 0.15) is 53.5 Å². The quantitative estimate of drug-likeness (QED) is 0.864. The van der Waals surface area contributed by atoms with Crippen LogP contribution in [0.25, 0.3) is 0 Å². The van der Waals surface area contributed by atoms with E-state index in [9.17, 15) is 4.79 Å². The van der Waals surface area contributed by atoms with Crippen LogP contribution in [0.3, 0.4) is 0 Å². The van der Waals surface area contributed by atoms with Gasteiger partial charge < -0.3 is 10.1 Å². The van der Waals surface area contributed by atoms with E-state index in [0.717, 1.165) is 12.2 Å². The number of hydrogen-bond acceptors (Lipinski definition) is 4. The highest BCUT2D eigenvalue weighted by Crippen LogP contribution is 2.34. The summed E-state index contributed by atoms with van der Waals surface area (Å²) < 4.78 is 7.37. The minimum absolute atomic E-state index is 0.122. The van der Waals surface area contributed by atoms with Crippen molar-refractivity contribution in [2.45, 2.75) is 65.1 Å². The first kappa shape index (κ1) is 14.9. The Morgan fingerprint density at radius 3 is 2.80 bits per heavy atom. The molecule has 1 aromatic rings. The Morgan fingerprint density at radius 1 is 1.45 bits per heavy atom. The maximum atomic E-state index is 11.8. The number of rotatable bonds is 3. The Labute approximate surface area is 120 Å². The van der Waals surface area contributed by atoms with Gasteiger partial charge in [-0.05, 0) is 41.0 Å². The van der Waals surface area contributed by atoms with Gasteiger partial charge in [0.05, 0.1) is 12.2 Å². The van der Waals surface area contributed by atoms with Crippen LogP contribution in [0.15, 0.2) is 12.3 Å². The van der Waals surface area contributed by atoms with Crippen molar-refractivity contribution in [2.75, 3.05) is 5.32 Å². The molecule has 0 bridgehead atoms. The fourth-order valence-electron chi connectivity index (χ4n) is 2.86. The number of nitrogens with zero attached hydrogens (tertiary/aromatic N) is 2. The topological polar surface area (TPSA) is 56.2 Å². The fraction of sp³-hybridized carbons (Fsp3) is 0.733. The van der Waals surface area contributed by atoms with Crippen LogP contribution in [-0.4, -0.2) is 27.4 Å². The van der Waals surface area contributed by atoms with Crippen LogP contribution in [-0.2, 0) is 9.53 Å². The molecular weight excluding hydrogens is 254 g/mol. The zero-order valence-electron chi connectivity index (χ0n) is 13.0. The van der Waals surface area contributed by atoms with Crippen molar-refractivity contribution in [2.24, 2.45) is 5.92 Å². The maximum absolute atomic E-state index is 11.8. The van der Waals surface area contributed by atoms with Crippen LogP contribution in [0.4, 0.5) is 5.82 Å². The minimum Gasteiger partial charge on any atom is -0.460 e. The van der Waals surface area contributed by atoms with Gasteiger partial charge in [0.15, 0.2) is 0 Å². The van der Waals surface area contributed by atoms with Crippen molar-refractivity contribution in [3.63, 3.8) is 0 Å². The number of fused-ring (bicyclic) bond motifs is 1. The third kappa shape index (κ3) is 3.32. The standard InChI is InChI=1S/C15H25N3O2/c1-10-12(6-7-14(19)20-15(3,4)5)11(2)18-13(17-10)8-9-16-18/h8-12,17H,6-7H2,1-5H3. The predicted molar refractivity (Wildman–Crippen MR) is 78.6 cm³/mol. The third-order valence-corrected chi connectivity index (χ3v) is 3.80. The van der Waals surface area contributed by atoms with Crippen LogP contribution < -0.4 is 5.32 Å². The minimum atomic E-state index is -0.408. The average molecular weight is 279 g/mol. The first-order chi connectivity index (χ1) is 9.28. The van der Waals surface area contributed by atoms with E-state index >= 15 is 0 Å². The van der Waals surface area contributed by atoms with Gasteiger partial charge in [0.1, 0.15) is 11.4 Å². The van der Waals surface area contributed by atoms with E-state index in [4.69, 9.17) is 4.74 Å². The molecule has 0 saturated carbocycles. The second kappa shape index (κ2) is 5.46. The molecule has 0 amide bonds. The van der Waals surface area contributed by atoms with E-state index in [-0.39, 0.29) is 5.97 Å². The molecular formula is C15H25N3O2. The number of ether oxygens (including phenoxy) is 1. The lowest BCUT2D eigenvalue weighted by Gasteiger charge is -2.36. The van der Waals surface area contributed by atoms with E-state index in [1.807, 2.05) is 37.7 Å². The fourth-order valence-corrected chi connectivity index (χ4v) is 2.86. The Hall–Kier alpha value is -1.52. The Kier molecular flexibility index (Phi) is 4.06. The molecule has 2 rings (SSSR count). The third-order valence-electron chi connectivity index (χ3n) is 3.80. The highest BCUT2D eigenvalue weighted by molar-refractivity contribution is 5.69. The van der Waals surface area contributed by atoms with E-state index < -0.39 is 5.60 Å². The van der Waals surface area contributed by atoms with Crippen LogP contribution in [0.5, 0.6) is 0 Å². The largest absolute Gasteiger partial charge is 0.460 e. The molecule has 1 aliphatic rings. The van der Waals surface area contributed by atoms with Gasteiger partial charge in [-0.2, -0.15) is 5.10 Å². The molecule has 0 spiro atoms. The molecule has 1 aromatic heterocycles. The first-order valence-electron chi connectivity index (χ1n) is 7.30. The highest BCUT2D eigenvalue weighted by atomic mass is 16.6. The summed E-state index contributed by atoms with van der Waals surface area (Å²) in [6.07, 6.45) is 3.07. The van der Waals surface area contributed by atoms with Crippen LogP contribution in [0, 0.1) is 5.92 Å². The van der Waals surface area contributed by atoms with Gasteiger partial charge in [-0.1, -0.05) is 0 Å². The summed E-state index contributed by atoms with van der Waals surface area (Å²) in [6, 6.07) is 2.60. The van der Waals surface area contributed by atoms with Gasteiger partial charge in [-0.25, -0.2) is 4.68 Å². The lowest BCUT2D eigenvalue weighted by Crippen LogP contribution is -2.39. The lowest BCUT2D eigenvalue weighted by atomic mass is 9.87. The summed E-state index contributed by atoms with van der Waals surface area (Å²) in [6.45, 7) is 10.0. The Balaban J connectivity index is 1.95. The molecule has 1 aliphatic heterocycles. The SMILES string of the molecule is CC1Nc2ccnn2C(C)C1CCC(=O)OC(C)(C)C. The molecule has 0 aromatic carbocycles. The van der Waals surface area contributed by atoms with Gasteiger partial charge in [0, 0.05) is 24.4 Å². The van der Waals surface area contributed by atoms with Crippen molar-refractivity contribution in [1.29, 1.82) is 0 Å². The number of carbonyl (C=O) groups excluding carboxylic acids is 1. The highest BCUT2D eigenvalue weighted by Gasteiger charge is 2.32. The molecule has 2 heterocycles. The smallest absolute Gasteiger partial charge is 0.306 e. The van der Waals surface area contributed by atoms with E-state index in [2.05, 4.69) is 24.3 Å². The number of hydrogen-bond donors (Lipinski definition) is 1. The molecule has 0 saturated heterocycles. The lowest BCUT2D eigenvalue weighted by molar-refractivity contribution is -0.155. The second-order valence-electron chi connectivity index (χ2n) is 6.62. The summed E-state index contributed by atoms with van der Waals surface area (Å²) in [5, 5.41) is 7.79. The first-order valence-corrected chi connectivity index (χ1v) is 7.30. The van der Waals surface area contributed by atoms with E-state index in [1.54, 1.807) is 0 Å². The molecule has 5 nitrogen and oxygen atoms in total. The molecule has 0 radical (unpaired) electrons. The molecule has 1 N–H and O–H groups in total. The van der Waals surface area contributed by atoms with Crippen LogP contribution >= 0.6 is 0 Å². The average Bonchev–Trinajstić information content (AvgIpc) is 2.74.